The Labute approximate surface area is 99.1 Å². The number of likely N-dealkylation sites (tertiary alicyclic amines) is 1. The van der Waals surface area contributed by atoms with Crippen LogP contribution < -0.4 is 0 Å². The van der Waals surface area contributed by atoms with Crippen LogP contribution in [0.5, 0.6) is 0 Å². The molecule has 1 rings (SSSR count). The third-order valence-corrected chi connectivity index (χ3v) is 3.26. The topological polar surface area (TPSA) is 29.5 Å². The van der Waals surface area contributed by atoms with E-state index in [9.17, 15) is 4.79 Å². The van der Waals surface area contributed by atoms with Crippen molar-refractivity contribution < 1.29 is 9.53 Å². The van der Waals surface area contributed by atoms with Crippen LogP contribution in [0, 0.1) is 0 Å². The summed E-state index contributed by atoms with van der Waals surface area (Å²) in [7, 11) is 0. The van der Waals surface area contributed by atoms with Gasteiger partial charge in [0.15, 0.2) is 0 Å². The van der Waals surface area contributed by atoms with Crippen LogP contribution in [0.4, 0.5) is 0 Å². The van der Waals surface area contributed by atoms with Gasteiger partial charge in [-0.3, -0.25) is 9.69 Å². The van der Waals surface area contributed by atoms with E-state index in [4.69, 9.17) is 4.74 Å². The normalized spacial score (nSPS) is 18.6. The number of esters is 1. The average molecular weight is 227 g/mol. The van der Waals surface area contributed by atoms with Gasteiger partial charge in [0.25, 0.3) is 0 Å². The van der Waals surface area contributed by atoms with Crippen LogP contribution in [-0.4, -0.2) is 36.6 Å². The van der Waals surface area contributed by atoms with E-state index >= 15 is 0 Å². The van der Waals surface area contributed by atoms with Gasteiger partial charge in [0.05, 0.1) is 13.0 Å². The molecule has 3 heteroatoms. The SMILES string of the molecule is CCCCC(CC(=O)OCC)N1CCCC1. The lowest BCUT2D eigenvalue weighted by atomic mass is 10.1. The molecule has 0 spiro atoms. The maximum absolute atomic E-state index is 11.5. The van der Waals surface area contributed by atoms with E-state index in [1.165, 1.54) is 25.7 Å². The molecule has 1 aliphatic heterocycles. The monoisotopic (exact) mass is 227 g/mol. The Balaban J connectivity index is 2.39. The third-order valence-electron chi connectivity index (χ3n) is 3.26. The maximum atomic E-state index is 11.5. The zero-order valence-electron chi connectivity index (χ0n) is 10.7. The molecule has 1 heterocycles. The number of unbranched alkanes of at least 4 members (excludes halogenated alkanes) is 1. The molecule has 0 aliphatic carbocycles. The fourth-order valence-corrected chi connectivity index (χ4v) is 2.37. The first-order valence-corrected chi connectivity index (χ1v) is 6.67. The molecule has 0 aromatic heterocycles. The summed E-state index contributed by atoms with van der Waals surface area (Å²) in [4.78, 5) is 14.0. The summed E-state index contributed by atoms with van der Waals surface area (Å²) in [6, 6.07) is 0.418. The van der Waals surface area contributed by atoms with E-state index in [1.54, 1.807) is 0 Å². The number of hydrogen-bond donors (Lipinski definition) is 0. The molecule has 16 heavy (non-hydrogen) atoms. The quantitative estimate of drug-likeness (QED) is 0.626. The van der Waals surface area contributed by atoms with Crippen LogP contribution >= 0.6 is 0 Å². The second-order valence-corrected chi connectivity index (χ2v) is 4.55. The second kappa shape index (κ2) is 7.66. The summed E-state index contributed by atoms with van der Waals surface area (Å²) in [6.45, 7) is 6.89. The van der Waals surface area contributed by atoms with Gasteiger partial charge in [-0.1, -0.05) is 19.8 Å². The van der Waals surface area contributed by atoms with Crippen LogP contribution in [0.15, 0.2) is 0 Å². The van der Waals surface area contributed by atoms with Gasteiger partial charge in [0.1, 0.15) is 0 Å². The highest BCUT2D eigenvalue weighted by Crippen LogP contribution is 2.19. The van der Waals surface area contributed by atoms with Crippen LogP contribution in [0.25, 0.3) is 0 Å². The van der Waals surface area contributed by atoms with Crippen molar-refractivity contribution in [1.82, 2.24) is 4.90 Å². The van der Waals surface area contributed by atoms with E-state index in [0.29, 0.717) is 19.1 Å². The number of rotatable bonds is 7. The molecule has 1 atom stereocenters. The van der Waals surface area contributed by atoms with Gasteiger partial charge in [0, 0.05) is 6.04 Å². The average Bonchev–Trinajstić information content (AvgIpc) is 2.77. The standard InChI is InChI=1S/C13H25NO2/c1-3-5-8-12(11-13(15)16-4-2)14-9-6-7-10-14/h12H,3-11H2,1-2H3. The van der Waals surface area contributed by atoms with Crippen molar-refractivity contribution in [1.29, 1.82) is 0 Å². The summed E-state index contributed by atoms with van der Waals surface area (Å²) in [5.41, 5.74) is 0. The van der Waals surface area contributed by atoms with Crippen LogP contribution in [-0.2, 0) is 9.53 Å². The summed E-state index contributed by atoms with van der Waals surface area (Å²) >= 11 is 0. The molecule has 1 saturated heterocycles. The Morgan fingerprint density at radius 1 is 1.31 bits per heavy atom. The fourth-order valence-electron chi connectivity index (χ4n) is 2.37. The van der Waals surface area contributed by atoms with E-state index < -0.39 is 0 Å². The summed E-state index contributed by atoms with van der Waals surface area (Å²) in [5, 5.41) is 0. The second-order valence-electron chi connectivity index (χ2n) is 4.55. The lowest BCUT2D eigenvalue weighted by Crippen LogP contribution is -2.35. The summed E-state index contributed by atoms with van der Waals surface area (Å²) in [5.74, 6) is -0.0319. The zero-order chi connectivity index (χ0) is 11.8. The van der Waals surface area contributed by atoms with E-state index in [1.807, 2.05) is 6.92 Å². The summed E-state index contributed by atoms with van der Waals surface area (Å²) < 4.78 is 5.05. The van der Waals surface area contributed by atoms with Gasteiger partial charge in [0.2, 0.25) is 0 Å². The highest BCUT2D eigenvalue weighted by molar-refractivity contribution is 5.70. The van der Waals surface area contributed by atoms with Gasteiger partial charge in [-0.05, 0) is 39.3 Å². The van der Waals surface area contributed by atoms with Crippen molar-refractivity contribution in [2.24, 2.45) is 0 Å². The molecule has 0 aromatic carbocycles. The van der Waals surface area contributed by atoms with Crippen LogP contribution in [0.3, 0.4) is 0 Å². The van der Waals surface area contributed by atoms with Crippen molar-refractivity contribution in [3.8, 4) is 0 Å². The van der Waals surface area contributed by atoms with Gasteiger partial charge >= 0.3 is 5.97 Å². The molecule has 0 N–H and O–H groups in total. The molecule has 1 aliphatic rings. The zero-order valence-corrected chi connectivity index (χ0v) is 10.7. The Morgan fingerprint density at radius 3 is 2.56 bits per heavy atom. The minimum Gasteiger partial charge on any atom is -0.466 e. The number of carbonyl (C=O) groups is 1. The first-order chi connectivity index (χ1) is 7.77. The first-order valence-electron chi connectivity index (χ1n) is 6.67. The van der Waals surface area contributed by atoms with E-state index in [0.717, 1.165) is 19.5 Å². The number of ether oxygens (including phenoxy) is 1. The van der Waals surface area contributed by atoms with Crippen molar-refractivity contribution in [3.05, 3.63) is 0 Å². The molecule has 1 unspecified atom stereocenters. The predicted octanol–water partition coefficient (Wildman–Crippen LogP) is 2.59. The van der Waals surface area contributed by atoms with Crippen molar-refractivity contribution in [2.75, 3.05) is 19.7 Å². The molecule has 0 bridgehead atoms. The predicted molar refractivity (Wildman–Crippen MR) is 65.4 cm³/mol. The molecule has 3 nitrogen and oxygen atoms in total. The number of carbonyl (C=O) groups excluding carboxylic acids is 1. The van der Waals surface area contributed by atoms with Gasteiger partial charge in [-0.2, -0.15) is 0 Å². The van der Waals surface area contributed by atoms with Gasteiger partial charge < -0.3 is 4.74 Å². The molecular weight excluding hydrogens is 202 g/mol. The minimum atomic E-state index is -0.0319. The Kier molecular flexibility index (Phi) is 6.46. The highest BCUT2D eigenvalue weighted by atomic mass is 16.5. The fraction of sp³-hybridized carbons (Fsp3) is 0.923. The molecule has 0 amide bonds. The minimum absolute atomic E-state index is 0.0319. The molecule has 94 valence electrons. The molecular formula is C13H25NO2. The van der Waals surface area contributed by atoms with Gasteiger partial charge in [-0.25, -0.2) is 0 Å². The molecule has 0 aromatic rings. The molecule has 1 fully saturated rings. The first kappa shape index (κ1) is 13.5. The van der Waals surface area contributed by atoms with Crippen molar-refractivity contribution in [2.45, 2.75) is 58.4 Å². The summed E-state index contributed by atoms with van der Waals surface area (Å²) in [6.07, 6.45) is 6.69. The number of nitrogens with zero attached hydrogens (tertiary/aromatic N) is 1. The number of hydrogen-bond acceptors (Lipinski definition) is 3. The Hall–Kier alpha value is -0.570. The third kappa shape index (κ3) is 4.52. The largest absolute Gasteiger partial charge is 0.466 e. The van der Waals surface area contributed by atoms with E-state index in [2.05, 4.69) is 11.8 Å². The van der Waals surface area contributed by atoms with E-state index in [-0.39, 0.29) is 5.97 Å². The Bertz CT molecular complexity index is 200. The maximum Gasteiger partial charge on any atom is 0.307 e. The lowest BCUT2D eigenvalue weighted by molar-refractivity contribution is -0.144. The van der Waals surface area contributed by atoms with Crippen LogP contribution in [0.1, 0.15) is 52.4 Å². The van der Waals surface area contributed by atoms with Crippen molar-refractivity contribution in [3.63, 3.8) is 0 Å². The lowest BCUT2D eigenvalue weighted by Gasteiger charge is -2.26. The van der Waals surface area contributed by atoms with Crippen LogP contribution in [0.2, 0.25) is 0 Å². The van der Waals surface area contributed by atoms with Gasteiger partial charge in [-0.15, -0.1) is 0 Å². The Morgan fingerprint density at radius 2 is 2.00 bits per heavy atom. The smallest absolute Gasteiger partial charge is 0.307 e. The highest BCUT2D eigenvalue weighted by Gasteiger charge is 2.24. The van der Waals surface area contributed by atoms with Crippen molar-refractivity contribution >= 4 is 5.97 Å². The molecule has 0 saturated carbocycles. The molecule has 0 radical (unpaired) electrons.